The van der Waals surface area contributed by atoms with Gasteiger partial charge in [0, 0.05) is 12.2 Å². The van der Waals surface area contributed by atoms with E-state index in [2.05, 4.69) is 34.0 Å². The molecule has 3 heterocycles. The lowest BCUT2D eigenvalue weighted by atomic mass is 9.94. The number of hydrogen-bond donors (Lipinski definition) is 1. The predicted molar refractivity (Wildman–Crippen MR) is 94.1 cm³/mol. The van der Waals surface area contributed by atoms with E-state index in [0.29, 0.717) is 0 Å². The first kappa shape index (κ1) is 15.1. The molecule has 23 heavy (non-hydrogen) atoms. The molecule has 0 radical (unpaired) electrons. The molecule has 6 heteroatoms. The number of ether oxygens (including phenoxy) is 1. The number of nitrogens with zero attached hydrogens (tertiary/aromatic N) is 2. The van der Waals surface area contributed by atoms with Gasteiger partial charge in [-0.05, 0) is 66.0 Å². The van der Waals surface area contributed by atoms with Crippen molar-refractivity contribution in [3.63, 3.8) is 0 Å². The van der Waals surface area contributed by atoms with Gasteiger partial charge in [0.05, 0.1) is 11.7 Å². The molecule has 1 fully saturated rings. The van der Waals surface area contributed by atoms with Crippen LogP contribution in [0.4, 0.5) is 0 Å². The van der Waals surface area contributed by atoms with Crippen molar-refractivity contribution in [2.75, 3.05) is 6.61 Å². The van der Waals surface area contributed by atoms with Crippen molar-refractivity contribution in [3.05, 3.63) is 50.9 Å². The third kappa shape index (κ3) is 2.89. The summed E-state index contributed by atoms with van der Waals surface area (Å²) in [7, 11) is 0. The minimum absolute atomic E-state index is 0.0182. The van der Waals surface area contributed by atoms with Crippen molar-refractivity contribution < 1.29 is 9.53 Å². The summed E-state index contributed by atoms with van der Waals surface area (Å²) < 4.78 is 8.84. The second kappa shape index (κ2) is 6.24. The van der Waals surface area contributed by atoms with E-state index in [1.165, 1.54) is 6.42 Å². The summed E-state index contributed by atoms with van der Waals surface area (Å²) in [5.41, 5.74) is 2.76. The van der Waals surface area contributed by atoms with Crippen molar-refractivity contribution in [2.24, 2.45) is 0 Å². The molecule has 0 aliphatic carbocycles. The predicted octanol–water partition coefficient (Wildman–Crippen LogP) is 3.21. The first-order valence-corrected chi connectivity index (χ1v) is 9.05. The van der Waals surface area contributed by atoms with Crippen LogP contribution in [0.5, 0.6) is 0 Å². The summed E-state index contributed by atoms with van der Waals surface area (Å²) in [6, 6.07) is 9.75. The Morgan fingerprint density at radius 3 is 3.00 bits per heavy atom. The molecule has 2 atom stereocenters. The Morgan fingerprint density at radius 1 is 1.30 bits per heavy atom. The Labute approximate surface area is 148 Å². The summed E-state index contributed by atoms with van der Waals surface area (Å²) in [6.45, 7) is 0.795. The van der Waals surface area contributed by atoms with Crippen LogP contribution in [-0.4, -0.2) is 22.3 Å². The lowest BCUT2D eigenvalue weighted by molar-refractivity contribution is -0.0413. The van der Waals surface area contributed by atoms with E-state index in [9.17, 15) is 4.79 Å². The monoisotopic (exact) mass is 423 g/mol. The molecule has 0 saturated carbocycles. The quantitative estimate of drug-likeness (QED) is 0.755. The average Bonchev–Trinajstić information content (AvgIpc) is 2.97. The largest absolute Gasteiger partial charge is 0.356 e. The van der Waals surface area contributed by atoms with Gasteiger partial charge in [-0.1, -0.05) is 18.2 Å². The summed E-state index contributed by atoms with van der Waals surface area (Å²) in [5, 5.41) is 7.81. The lowest BCUT2D eigenvalue weighted by Gasteiger charge is -2.25. The third-order valence-corrected chi connectivity index (χ3v) is 5.29. The zero-order chi connectivity index (χ0) is 15.8. The number of amides is 1. The maximum Gasteiger partial charge on any atom is 0.252 e. The van der Waals surface area contributed by atoms with Gasteiger partial charge in [-0.25, -0.2) is 4.68 Å². The Morgan fingerprint density at radius 2 is 2.17 bits per heavy atom. The number of nitrogens with one attached hydrogen (secondary N) is 1. The number of halogens is 1. The van der Waals surface area contributed by atoms with Gasteiger partial charge in [-0.2, -0.15) is 5.10 Å². The van der Waals surface area contributed by atoms with Crippen molar-refractivity contribution >= 4 is 28.5 Å². The number of carbonyl (C=O) groups is 1. The minimum Gasteiger partial charge on any atom is -0.356 e. The zero-order valence-electron chi connectivity index (χ0n) is 12.7. The highest BCUT2D eigenvalue weighted by molar-refractivity contribution is 14.1. The summed E-state index contributed by atoms with van der Waals surface area (Å²) in [5.74, 6) is -0.0182. The van der Waals surface area contributed by atoms with Gasteiger partial charge in [0.2, 0.25) is 0 Å². The van der Waals surface area contributed by atoms with Gasteiger partial charge in [0.25, 0.3) is 5.91 Å². The normalized spacial score (nSPS) is 24.1. The van der Waals surface area contributed by atoms with Gasteiger partial charge in [0.1, 0.15) is 3.70 Å². The molecule has 2 unspecified atom stereocenters. The fourth-order valence-electron chi connectivity index (χ4n) is 3.28. The Hall–Kier alpha value is -1.41. The van der Waals surface area contributed by atoms with Gasteiger partial charge in [0.15, 0.2) is 6.23 Å². The molecule has 2 aliphatic heterocycles. The number of benzene rings is 1. The molecular weight excluding hydrogens is 405 g/mol. The lowest BCUT2D eigenvalue weighted by Crippen LogP contribution is -2.35. The highest BCUT2D eigenvalue weighted by Crippen LogP contribution is 2.29. The van der Waals surface area contributed by atoms with Crippen molar-refractivity contribution in [1.29, 1.82) is 0 Å². The number of aromatic nitrogens is 2. The molecule has 0 spiro atoms. The van der Waals surface area contributed by atoms with Crippen LogP contribution in [0, 0.1) is 3.70 Å². The van der Waals surface area contributed by atoms with Gasteiger partial charge >= 0.3 is 0 Å². The van der Waals surface area contributed by atoms with Gasteiger partial charge < -0.3 is 10.1 Å². The Kier molecular flexibility index (Phi) is 4.11. The van der Waals surface area contributed by atoms with E-state index >= 15 is 0 Å². The zero-order valence-corrected chi connectivity index (χ0v) is 14.8. The minimum atomic E-state index is -0.0734. The molecule has 1 N–H and O–H groups in total. The molecule has 120 valence electrons. The van der Waals surface area contributed by atoms with E-state index in [-0.39, 0.29) is 18.2 Å². The van der Waals surface area contributed by atoms with Crippen molar-refractivity contribution in [2.45, 2.75) is 38.0 Å². The summed E-state index contributed by atoms with van der Waals surface area (Å²) >= 11 is 2.29. The average molecular weight is 423 g/mol. The molecular formula is C17H18IN3O2. The van der Waals surface area contributed by atoms with E-state index < -0.39 is 0 Å². The first-order chi connectivity index (χ1) is 11.2. The van der Waals surface area contributed by atoms with Crippen LogP contribution in [0.25, 0.3) is 0 Å². The first-order valence-electron chi connectivity index (χ1n) is 7.97. The second-order valence-corrected chi connectivity index (χ2v) is 7.15. The van der Waals surface area contributed by atoms with E-state index in [4.69, 9.17) is 9.84 Å². The second-order valence-electron chi connectivity index (χ2n) is 6.05. The molecule has 2 aromatic rings. The fraction of sp³-hybridized carbons (Fsp3) is 0.412. The van der Waals surface area contributed by atoms with Crippen LogP contribution in [0.3, 0.4) is 0 Å². The van der Waals surface area contributed by atoms with Gasteiger partial charge in [-0.15, -0.1) is 0 Å². The molecule has 1 saturated heterocycles. The van der Waals surface area contributed by atoms with Crippen molar-refractivity contribution in [1.82, 2.24) is 15.1 Å². The highest BCUT2D eigenvalue weighted by Gasteiger charge is 2.28. The van der Waals surface area contributed by atoms with E-state index in [0.717, 1.165) is 46.4 Å². The molecule has 0 bridgehead atoms. The fourth-order valence-corrected chi connectivity index (χ4v) is 4.02. The molecule has 2 aliphatic rings. The Bertz CT molecular complexity index is 737. The van der Waals surface area contributed by atoms with Crippen LogP contribution >= 0.6 is 22.6 Å². The number of carbonyl (C=O) groups excluding carboxylic acids is 1. The third-order valence-electron chi connectivity index (χ3n) is 4.49. The smallest absolute Gasteiger partial charge is 0.252 e. The topological polar surface area (TPSA) is 56.2 Å². The summed E-state index contributed by atoms with van der Waals surface area (Å²) in [4.78, 5) is 12.3. The Balaban J connectivity index is 1.61. The number of hydrogen-bond acceptors (Lipinski definition) is 3. The molecule has 5 nitrogen and oxygen atoms in total. The van der Waals surface area contributed by atoms with E-state index in [1.54, 1.807) is 0 Å². The standard InChI is InChI=1S/C17H18IN3O2/c18-15-10-14(20-21(15)16-7-3-4-8-23-16)13-9-11-5-1-2-6-12(11)17(22)19-13/h1-2,5-6,10,13,16H,3-4,7-9H2,(H,19,22). The van der Waals surface area contributed by atoms with Crippen LogP contribution in [-0.2, 0) is 11.2 Å². The molecule has 4 rings (SSSR count). The number of rotatable bonds is 2. The SMILES string of the molecule is O=C1NC(c2cc(I)n(C3CCCCO3)n2)Cc2ccccc21. The summed E-state index contributed by atoms with van der Waals surface area (Å²) in [6.07, 6.45) is 4.09. The number of fused-ring (bicyclic) bond motifs is 1. The van der Waals surface area contributed by atoms with Crippen LogP contribution in [0.2, 0.25) is 0 Å². The molecule has 1 aromatic carbocycles. The molecule has 1 aromatic heterocycles. The van der Waals surface area contributed by atoms with Gasteiger partial charge in [-0.3, -0.25) is 4.79 Å². The van der Waals surface area contributed by atoms with Crippen LogP contribution < -0.4 is 5.32 Å². The maximum absolute atomic E-state index is 12.3. The van der Waals surface area contributed by atoms with Crippen molar-refractivity contribution in [3.8, 4) is 0 Å². The highest BCUT2D eigenvalue weighted by atomic mass is 127. The maximum atomic E-state index is 12.3. The van der Waals surface area contributed by atoms with Crippen LogP contribution in [0.15, 0.2) is 30.3 Å². The molecule has 1 amide bonds. The van der Waals surface area contributed by atoms with Crippen LogP contribution in [0.1, 0.15) is 53.1 Å². The van der Waals surface area contributed by atoms with E-state index in [1.807, 2.05) is 28.9 Å².